The van der Waals surface area contributed by atoms with Crippen molar-refractivity contribution in [3.63, 3.8) is 0 Å². The van der Waals surface area contributed by atoms with E-state index in [1.165, 1.54) is 6.26 Å². The summed E-state index contributed by atoms with van der Waals surface area (Å²) in [5, 5.41) is 3.63. The van der Waals surface area contributed by atoms with Crippen molar-refractivity contribution in [2.75, 3.05) is 11.6 Å². The molecule has 2 aromatic carbocycles. The van der Waals surface area contributed by atoms with Crippen LogP contribution in [0.3, 0.4) is 0 Å². The fraction of sp³-hybridized carbons (Fsp3) is 0.316. The van der Waals surface area contributed by atoms with Crippen molar-refractivity contribution < 1.29 is 13.2 Å². The molecule has 3 rings (SSSR count). The van der Waals surface area contributed by atoms with Gasteiger partial charge in [0.25, 0.3) is 0 Å². The Morgan fingerprint density at radius 2 is 1.88 bits per heavy atom. The van der Waals surface area contributed by atoms with E-state index in [1.807, 2.05) is 31.2 Å². The molecule has 1 fully saturated rings. The SMILES string of the molecule is Cc1c(CS(C)(=O)=O)cccc1NC(=O)[C@@H]1C[C@H]1c1ccc(Cl)cc1. The van der Waals surface area contributed by atoms with Gasteiger partial charge in [-0.1, -0.05) is 35.9 Å². The highest BCUT2D eigenvalue weighted by atomic mass is 35.5. The normalized spacial score (nSPS) is 19.5. The lowest BCUT2D eigenvalue weighted by Gasteiger charge is -2.12. The second kappa shape index (κ2) is 6.81. The van der Waals surface area contributed by atoms with Gasteiger partial charge < -0.3 is 5.32 Å². The van der Waals surface area contributed by atoms with Crippen LogP contribution < -0.4 is 5.32 Å². The van der Waals surface area contributed by atoms with Crippen LogP contribution in [0.2, 0.25) is 5.02 Å². The van der Waals surface area contributed by atoms with Crippen LogP contribution in [0.4, 0.5) is 5.69 Å². The van der Waals surface area contributed by atoms with Crippen LogP contribution in [0, 0.1) is 12.8 Å². The number of rotatable bonds is 5. The number of benzene rings is 2. The summed E-state index contributed by atoms with van der Waals surface area (Å²) in [5.41, 5.74) is 3.30. The van der Waals surface area contributed by atoms with Crippen LogP contribution in [0.5, 0.6) is 0 Å². The molecule has 0 radical (unpaired) electrons. The van der Waals surface area contributed by atoms with Gasteiger partial charge in [0, 0.05) is 22.9 Å². The van der Waals surface area contributed by atoms with Crippen LogP contribution >= 0.6 is 11.6 Å². The molecule has 1 N–H and O–H groups in total. The maximum absolute atomic E-state index is 12.5. The van der Waals surface area contributed by atoms with Gasteiger partial charge in [0.2, 0.25) is 5.91 Å². The summed E-state index contributed by atoms with van der Waals surface area (Å²) in [4.78, 5) is 12.5. The first-order valence-electron chi connectivity index (χ1n) is 8.07. The third-order valence-corrected chi connectivity index (χ3v) is 5.63. The zero-order chi connectivity index (χ0) is 18.2. The van der Waals surface area contributed by atoms with Crippen LogP contribution in [0.1, 0.15) is 29.0 Å². The number of amides is 1. The minimum atomic E-state index is -3.12. The minimum absolute atomic E-state index is 0.0282. The molecule has 1 saturated carbocycles. The van der Waals surface area contributed by atoms with Gasteiger partial charge in [-0.25, -0.2) is 8.42 Å². The molecule has 0 bridgehead atoms. The maximum Gasteiger partial charge on any atom is 0.228 e. The molecule has 1 aliphatic rings. The number of carbonyl (C=O) groups excluding carboxylic acids is 1. The van der Waals surface area contributed by atoms with Crippen LogP contribution in [-0.2, 0) is 20.4 Å². The Labute approximate surface area is 153 Å². The van der Waals surface area contributed by atoms with Crippen molar-refractivity contribution >= 4 is 33.0 Å². The van der Waals surface area contributed by atoms with E-state index in [-0.39, 0.29) is 23.5 Å². The number of anilines is 1. The summed E-state index contributed by atoms with van der Waals surface area (Å²) < 4.78 is 23.1. The van der Waals surface area contributed by atoms with E-state index in [0.717, 1.165) is 17.5 Å². The van der Waals surface area contributed by atoms with Gasteiger partial charge in [0.1, 0.15) is 0 Å². The van der Waals surface area contributed by atoms with Gasteiger partial charge >= 0.3 is 0 Å². The Morgan fingerprint density at radius 1 is 1.20 bits per heavy atom. The fourth-order valence-electron chi connectivity index (χ4n) is 3.05. The third-order valence-electron chi connectivity index (χ3n) is 4.55. The molecule has 0 heterocycles. The predicted octanol–water partition coefficient (Wildman–Crippen LogP) is 3.94. The Hall–Kier alpha value is -1.85. The Morgan fingerprint density at radius 3 is 2.52 bits per heavy atom. The zero-order valence-corrected chi connectivity index (χ0v) is 15.7. The molecular weight excluding hydrogens is 358 g/mol. The van der Waals surface area contributed by atoms with Crippen molar-refractivity contribution in [2.45, 2.75) is 25.0 Å². The molecule has 0 saturated heterocycles. The number of nitrogens with one attached hydrogen (secondary N) is 1. The highest BCUT2D eigenvalue weighted by Gasteiger charge is 2.43. The first-order valence-corrected chi connectivity index (χ1v) is 10.5. The quantitative estimate of drug-likeness (QED) is 0.858. The second-order valence-corrected chi connectivity index (χ2v) is 9.23. The number of sulfone groups is 1. The zero-order valence-electron chi connectivity index (χ0n) is 14.1. The van der Waals surface area contributed by atoms with Crippen molar-refractivity contribution in [3.05, 3.63) is 64.2 Å². The average molecular weight is 378 g/mol. The molecule has 2 aromatic rings. The monoisotopic (exact) mass is 377 g/mol. The van der Waals surface area contributed by atoms with Crippen LogP contribution in [-0.4, -0.2) is 20.6 Å². The number of halogens is 1. The largest absolute Gasteiger partial charge is 0.326 e. The lowest BCUT2D eigenvalue weighted by Crippen LogP contribution is -2.16. The lowest BCUT2D eigenvalue weighted by atomic mass is 10.1. The highest BCUT2D eigenvalue weighted by molar-refractivity contribution is 7.89. The molecule has 132 valence electrons. The molecule has 0 spiro atoms. The summed E-state index contributed by atoms with van der Waals surface area (Å²) in [5.74, 6) is 0.106. The van der Waals surface area contributed by atoms with E-state index < -0.39 is 9.84 Å². The fourth-order valence-corrected chi connectivity index (χ4v) is 4.05. The van der Waals surface area contributed by atoms with Crippen molar-refractivity contribution in [2.24, 2.45) is 5.92 Å². The molecule has 1 amide bonds. The second-order valence-electron chi connectivity index (χ2n) is 6.65. The van der Waals surface area contributed by atoms with Gasteiger partial charge in [0.05, 0.1) is 5.75 Å². The molecule has 0 unspecified atom stereocenters. The average Bonchev–Trinajstić information content (AvgIpc) is 3.31. The molecule has 1 aliphatic carbocycles. The number of carbonyl (C=O) groups is 1. The molecule has 0 aromatic heterocycles. The molecular formula is C19H20ClNO3S. The van der Waals surface area contributed by atoms with Gasteiger partial charge in [-0.3, -0.25) is 4.79 Å². The summed E-state index contributed by atoms with van der Waals surface area (Å²) in [6, 6.07) is 12.9. The Bertz CT molecular complexity index is 907. The van der Waals surface area contributed by atoms with E-state index in [2.05, 4.69) is 5.32 Å². The van der Waals surface area contributed by atoms with Crippen molar-refractivity contribution in [3.8, 4) is 0 Å². The Balaban J connectivity index is 1.70. The van der Waals surface area contributed by atoms with Crippen molar-refractivity contribution in [1.29, 1.82) is 0 Å². The molecule has 2 atom stereocenters. The number of hydrogen-bond donors (Lipinski definition) is 1. The van der Waals surface area contributed by atoms with Gasteiger partial charge in [-0.2, -0.15) is 0 Å². The van der Waals surface area contributed by atoms with Gasteiger partial charge in [0.15, 0.2) is 9.84 Å². The lowest BCUT2D eigenvalue weighted by molar-refractivity contribution is -0.117. The maximum atomic E-state index is 12.5. The van der Waals surface area contributed by atoms with E-state index in [0.29, 0.717) is 16.3 Å². The Kier molecular flexibility index (Phi) is 4.89. The molecule has 0 aliphatic heterocycles. The molecule has 6 heteroatoms. The summed E-state index contributed by atoms with van der Waals surface area (Å²) >= 11 is 5.90. The smallest absolute Gasteiger partial charge is 0.228 e. The first kappa shape index (κ1) is 18.0. The minimum Gasteiger partial charge on any atom is -0.326 e. The van der Waals surface area contributed by atoms with Crippen LogP contribution in [0.25, 0.3) is 0 Å². The topological polar surface area (TPSA) is 63.2 Å². The molecule has 25 heavy (non-hydrogen) atoms. The van der Waals surface area contributed by atoms with E-state index in [9.17, 15) is 13.2 Å². The van der Waals surface area contributed by atoms with E-state index >= 15 is 0 Å². The van der Waals surface area contributed by atoms with E-state index in [1.54, 1.807) is 18.2 Å². The van der Waals surface area contributed by atoms with Crippen molar-refractivity contribution in [1.82, 2.24) is 0 Å². The summed E-state index contributed by atoms with van der Waals surface area (Å²) in [6.45, 7) is 1.83. The van der Waals surface area contributed by atoms with Gasteiger partial charge in [-0.15, -0.1) is 0 Å². The first-order chi connectivity index (χ1) is 11.7. The van der Waals surface area contributed by atoms with Crippen LogP contribution in [0.15, 0.2) is 42.5 Å². The highest BCUT2D eigenvalue weighted by Crippen LogP contribution is 2.48. The third kappa shape index (κ3) is 4.41. The number of hydrogen-bond acceptors (Lipinski definition) is 3. The standard InChI is InChI=1S/C19H20ClNO3S/c1-12-14(11-25(2,23)24)4-3-5-18(12)21-19(22)17-10-16(17)13-6-8-15(20)9-7-13/h3-9,16-17H,10-11H2,1-2H3,(H,21,22)/t16-,17+/m0/s1. The molecule has 4 nitrogen and oxygen atoms in total. The summed E-state index contributed by atoms with van der Waals surface area (Å²) in [6.07, 6.45) is 2.02. The predicted molar refractivity (Wildman–Crippen MR) is 101 cm³/mol. The summed E-state index contributed by atoms with van der Waals surface area (Å²) in [7, 11) is -3.12. The van der Waals surface area contributed by atoms with E-state index in [4.69, 9.17) is 11.6 Å². The van der Waals surface area contributed by atoms with Gasteiger partial charge in [-0.05, 0) is 54.2 Å².